The van der Waals surface area contributed by atoms with Gasteiger partial charge >= 0.3 is 5.69 Å². The lowest BCUT2D eigenvalue weighted by Gasteiger charge is -2.24. The first-order valence-electron chi connectivity index (χ1n) is 9.34. The number of ether oxygens (including phenoxy) is 1. The van der Waals surface area contributed by atoms with Crippen molar-refractivity contribution in [2.75, 3.05) is 12.3 Å². The van der Waals surface area contributed by atoms with E-state index in [-0.39, 0.29) is 30.0 Å². The van der Waals surface area contributed by atoms with E-state index >= 15 is 0 Å². The Morgan fingerprint density at radius 2 is 1.90 bits per heavy atom. The number of hydrogen-bond donors (Lipinski definition) is 1. The summed E-state index contributed by atoms with van der Waals surface area (Å²) in [6, 6.07) is 14.1. The van der Waals surface area contributed by atoms with Crippen LogP contribution in [0.3, 0.4) is 0 Å². The number of para-hydroxylation sites is 3. The van der Waals surface area contributed by atoms with Crippen molar-refractivity contribution in [2.45, 2.75) is 19.9 Å². The molecule has 4 aromatic rings. The number of nitro groups is 1. The summed E-state index contributed by atoms with van der Waals surface area (Å²) in [4.78, 5) is 19.8. The number of nitrogens with zero attached hydrogens (tertiary/aromatic N) is 4. The van der Waals surface area contributed by atoms with Gasteiger partial charge in [-0.15, -0.1) is 0 Å². The summed E-state index contributed by atoms with van der Waals surface area (Å²) < 4.78 is 7.94. The lowest BCUT2D eigenvalue weighted by Crippen LogP contribution is -2.22. The minimum Gasteiger partial charge on any atom is -0.485 e. The highest BCUT2D eigenvalue weighted by atomic mass is 16.6. The lowest BCUT2D eigenvalue weighted by atomic mass is 10.0. The van der Waals surface area contributed by atoms with Crippen LogP contribution in [-0.4, -0.2) is 26.1 Å². The number of rotatable bonds is 6. The van der Waals surface area contributed by atoms with Crippen molar-refractivity contribution in [3.8, 4) is 5.75 Å². The molecule has 0 spiro atoms. The molecule has 0 saturated carbocycles. The van der Waals surface area contributed by atoms with Gasteiger partial charge in [-0.25, -0.2) is 9.97 Å². The third-order valence-corrected chi connectivity index (χ3v) is 5.03. The van der Waals surface area contributed by atoms with Gasteiger partial charge in [-0.05, 0) is 18.1 Å². The van der Waals surface area contributed by atoms with E-state index in [1.54, 1.807) is 24.5 Å². The molecule has 2 heterocycles. The van der Waals surface area contributed by atoms with E-state index in [0.717, 1.165) is 16.4 Å². The third-order valence-electron chi connectivity index (χ3n) is 5.03. The van der Waals surface area contributed by atoms with Crippen molar-refractivity contribution in [1.29, 1.82) is 0 Å². The zero-order chi connectivity index (χ0) is 20.5. The van der Waals surface area contributed by atoms with Crippen molar-refractivity contribution in [3.05, 3.63) is 65.0 Å². The van der Waals surface area contributed by atoms with Crippen LogP contribution in [0, 0.1) is 16.0 Å². The topological polar surface area (TPSA) is 109 Å². The fourth-order valence-electron chi connectivity index (χ4n) is 3.52. The summed E-state index contributed by atoms with van der Waals surface area (Å²) in [6.07, 6.45) is 1.74. The second-order valence-corrected chi connectivity index (χ2v) is 7.21. The number of nitro benzene ring substituents is 1. The molecule has 4 rings (SSSR count). The molecule has 0 saturated heterocycles. The summed E-state index contributed by atoms with van der Waals surface area (Å²) in [5.74, 6) is 0.807. The smallest absolute Gasteiger partial charge is 0.310 e. The highest BCUT2D eigenvalue weighted by molar-refractivity contribution is 6.06. The van der Waals surface area contributed by atoms with Crippen LogP contribution in [0.2, 0.25) is 0 Å². The summed E-state index contributed by atoms with van der Waals surface area (Å²) in [7, 11) is 0. The number of fused-ring (bicyclic) bond motifs is 3. The fraction of sp³-hybridized carbons (Fsp3) is 0.238. The number of hydrogen-bond acceptors (Lipinski definition) is 6. The molecule has 0 aliphatic heterocycles. The second-order valence-electron chi connectivity index (χ2n) is 7.21. The maximum absolute atomic E-state index is 11.3. The standard InChI is InChI=1S/C21H21N5O3/c1-13(2)17(11-29-18-10-6-5-9-16(18)26(27)28)25-12-23-19-20(25)14-7-3-4-8-15(14)24-21(19)22/h3-10,12-13,17H,11H2,1-2H3,(H2,22,24). The molecule has 2 aromatic heterocycles. The Bertz CT molecular complexity index is 1200. The number of pyridine rings is 1. The highest BCUT2D eigenvalue weighted by Gasteiger charge is 2.23. The fourth-order valence-corrected chi connectivity index (χ4v) is 3.52. The van der Waals surface area contributed by atoms with Gasteiger partial charge in [-0.1, -0.05) is 44.2 Å². The number of aromatic nitrogens is 3. The zero-order valence-corrected chi connectivity index (χ0v) is 16.1. The Morgan fingerprint density at radius 1 is 1.17 bits per heavy atom. The Hall–Kier alpha value is -3.68. The van der Waals surface area contributed by atoms with Crippen LogP contribution in [0.5, 0.6) is 5.75 Å². The number of nitrogen functional groups attached to an aromatic ring is 1. The summed E-state index contributed by atoms with van der Waals surface area (Å²) in [5, 5.41) is 12.2. The van der Waals surface area contributed by atoms with Gasteiger partial charge in [0.05, 0.1) is 28.3 Å². The van der Waals surface area contributed by atoms with Gasteiger partial charge in [-0.3, -0.25) is 10.1 Å². The molecular formula is C21H21N5O3. The van der Waals surface area contributed by atoms with Crippen LogP contribution in [-0.2, 0) is 0 Å². The molecule has 0 aliphatic rings. The largest absolute Gasteiger partial charge is 0.485 e. The van der Waals surface area contributed by atoms with E-state index in [4.69, 9.17) is 10.5 Å². The number of nitrogens with two attached hydrogens (primary N) is 1. The van der Waals surface area contributed by atoms with Crippen LogP contribution in [0.4, 0.5) is 11.5 Å². The Labute approximate surface area is 167 Å². The average Bonchev–Trinajstić information content (AvgIpc) is 3.14. The van der Waals surface area contributed by atoms with Gasteiger partial charge in [0.2, 0.25) is 0 Å². The molecule has 1 unspecified atom stereocenters. The van der Waals surface area contributed by atoms with Gasteiger partial charge in [0.25, 0.3) is 0 Å². The van der Waals surface area contributed by atoms with Crippen LogP contribution < -0.4 is 10.5 Å². The van der Waals surface area contributed by atoms with Gasteiger partial charge < -0.3 is 15.0 Å². The summed E-state index contributed by atoms with van der Waals surface area (Å²) in [6.45, 7) is 4.41. The maximum Gasteiger partial charge on any atom is 0.310 e. The Balaban J connectivity index is 1.77. The van der Waals surface area contributed by atoms with Gasteiger partial charge in [0, 0.05) is 11.5 Å². The minimum absolute atomic E-state index is 0.0515. The first kappa shape index (κ1) is 18.7. The molecule has 0 fully saturated rings. The van der Waals surface area contributed by atoms with Gasteiger partial charge in [0.15, 0.2) is 11.6 Å². The van der Waals surface area contributed by atoms with E-state index in [1.807, 2.05) is 28.8 Å². The summed E-state index contributed by atoms with van der Waals surface area (Å²) in [5.41, 5.74) is 8.40. The van der Waals surface area contributed by atoms with Gasteiger partial charge in [0.1, 0.15) is 12.1 Å². The van der Waals surface area contributed by atoms with Crippen molar-refractivity contribution < 1.29 is 9.66 Å². The molecule has 8 nitrogen and oxygen atoms in total. The lowest BCUT2D eigenvalue weighted by molar-refractivity contribution is -0.385. The molecule has 8 heteroatoms. The molecule has 0 amide bonds. The van der Waals surface area contributed by atoms with E-state index in [1.165, 1.54) is 6.07 Å². The maximum atomic E-state index is 11.3. The number of imidazole rings is 1. The molecule has 2 aromatic carbocycles. The molecular weight excluding hydrogens is 370 g/mol. The quantitative estimate of drug-likeness (QED) is 0.386. The van der Waals surface area contributed by atoms with E-state index < -0.39 is 4.92 Å². The Kier molecular flexibility index (Phi) is 4.75. The molecule has 0 radical (unpaired) electrons. The molecule has 29 heavy (non-hydrogen) atoms. The highest BCUT2D eigenvalue weighted by Crippen LogP contribution is 2.33. The van der Waals surface area contributed by atoms with Crippen molar-refractivity contribution in [1.82, 2.24) is 14.5 Å². The number of anilines is 1. The van der Waals surface area contributed by atoms with Crippen molar-refractivity contribution in [3.63, 3.8) is 0 Å². The van der Waals surface area contributed by atoms with Crippen molar-refractivity contribution in [2.24, 2.45) is 5.92 Å². The monoisotopic (exact) mass is 391 g/mol. The van der Waals surface area contributed by atoms with E-state index in [0.29, 0.717) is 11.3 Å². The first-order chi connectivity index (χ1) is 14.0. The predicted molar refractivity (Wildman–Crippen MR) is 112 cm³/mol. The molecule has 148 valence electrons. The van der Waals surface area contributed by atoms with E-state index in [2.05, 4.69) is 23.8 Å². The van der Waals surface area contributed by atoms with E-state index in [9.17, 15) is 10.1 Å². The predicted octanol–water partition coefficient (Wildman–Crippen LogP) is 4.35. The Morgan fingerprint density at radius 3 is 2.66 bits per heavy atom. The van der Waals surface area contributed by atoms with Gasteiger partial charge in [-0.2, -0.15) is 0 Å². The minimum atomic E-state index is -0.438. The summed E-state index contributed by atoms with van der Waals surface area (Å²) >= 11 is 0. The average molecular weight is 391 g/mol. The number of benzene rings is 2. The van der Waals surface area contributed by atoms with Crippen LogP contribution in [0.1, 0.15) is 19.9 Å². The van der Waals surface area contributed by atoms with Crippen molar-refractivity contribution >= 4 is 33.4 Å². The molecule has 2 N–H and O–H groups in total. The first-order valence-corrected chi connectivity index (χ1v) is 9.34. The normalized spacial score (nSPS) is 12.5. The molecule has 1 atom stereocenters. The second kappa shape index (κ2) is 7.38. The molecule has 0 bridgehead atoms. The zero-order valence-electron chi connectivity index (χ0n) is 16.1. The SMILES string of the molecule is CC(C)C(COc1ccccc1[N+](=O)[O-])n1cnc2c(N)nc3ccccc3c21. The van der Waals surface area contributed by atoms with Crippen LogP contribution in [0.25, 0.3) is 21.9 Å². The molecule has 0 aliphatic carbocycles. The van der Waals surface area contributed by atoms with Crippen LogP contribution in [0.15, 0.2) is 54.9 Å². The van der Waals surface area contributed by atoms with Crippen LogP contribution >= 0.6 is 0 Å². The third kappa shape index (κ3) is 3.33.